The number of nitrogens with zero attached hydrogens (tertiary/aromatic N) is 1. The van der Waals surface area contributed by atoms with Gasteiger partial charge in [0.2, 0.25) is 5.43 Å². The Bertz CT molecular complexity index is 943. The average Bonchev–Trinajstić information content (AvgIpc) is 2.72. The third-order valence-electron chi connectivity index (χ3n) is 4.36. The summed E-state index contributed by atoms with van der Waals surface area (Å²) in [5, 5.41) is 18.4. The van der Waals surface area contributed by atoms with Crippen LogP contribution in [-0.4, -0.2) is 20.7 Å². The van der Waals surface area contributed by atoms with Gasteiger partial charge in [0.25, 0.3) is 0 Å². The maximum Gasteiger partial charge on any atom is 0.305 e. The van der Waals surface area contributed by atoms with Gasteiger partial charge in [-0.1, -0.05) is 60.7 Å². The monoisotopic (exact) mass is 379 g/mol. The molecule has 0 saturated heterocycles. The summed E-state index contributed by atoms with van der Waals surface area (Å²) in [6.45, 7) is -0.237. The van der Waals surface area contributed by atoms with Gasteiger partial charge in [-0.2, -0.15) is 0 Å². The van der Waals surface area contributed by atoms with Crippen LogP contribution in [-0.2, 0) is 17.9 Å². The molecule has 0 aliphatic carbocycles. The van der Waals surface area contributed by atoms with Crippen molar-refractivity contribution in [2.75, 3.05) is 0 Å². The summed E-state index contributed by atoms with van der Waals surface area (Å²) in [6, 6.07) is 20.4. The molecule has 0 atom stereocenters. The van der Waals surface area contributed by atoms with Crippen molar-refractivity contribution < 1.29 is 19.7 Å². The Morgan fingerprint density at radius 1 is 1.00 bits per heavy atom. The van der Waals surface area contributed by atoms with E-state index in [-0.39, 0.29) is 30.8 Å². The maximum atomic E-state index is 12.5. The minimum absolute atomic E-state index is 0.0975. The first kappa shape index (κ1) is 19.4. The summed E-state index contributed by atoms with van der Waals surface area (Å²) >= 11 is 0. The molecular weight excluding hydrogens is 358 g/mol. The number of rotatable bonds is 8. The molecule has 2 aromatic carbocycles. The van der Waals surface area contributed by atoms with Crippen molar-refractivity contribution in [2.45, 2.75) is 25.7 Å². The molecule has 28 heavy (non-hydrogen) atoms. The van der Waals surface area contributed by atoms with Crippen molar-refractivity contribution in [3.8, 4) is 5.75 Å². The van der Waals surface area contributed by atoms with Crippen LogP contribution >= 0.6 is 0 Å². The number of aliphatic hydroxyl groups is 1. The number of hydrogen-bond acceptors (Lipinski definition) is 4. The van der Waals surface area contributed by atoms with Gasteiger partial charge in [-0.15, -0.1) is 0 Å². The SMILES string of the molecule is O=C(O)CCn1cc(OC(c2ccccc2)c2ccccc2)c(=O)cc1CO. The van der Waals surface area contributed by atoms with Gasteiger partial charge in [0, 0.05) is 18.3 Å². The minimum Gasteiger partial charge on any atom is -0.481 e. The summed E-state index contributed by atoms with van der Waals surface area (Å²) in [4.78, 5) is 23.4. The lowest BCUT2D eigenvalue weighted by Gasteiger charge is -2.21. The molecule has 0 radical (unpaired) electrons. The van der Waals surface area contributed by atoms with E-state index in [2.05, 4.69) is 0 Å². The first-order valence-corrected chi connectivity index (χ1v) is 8.91. The van der Waals surface area contributed by atoms with E-state index < -0.39 is 12.1 Å². The van der Waals surface area contributed by atoms with Crippen LogP contribution in [0.3, 0.4) is 0 Å². The fourth-order valence-electron chi connectivity index (χ4n) is 2.95. The Kier molecular flexibility index (Phi) is 6.24. The summed E-state index contributed by atoms with van der Waals surface area (Å²) in [5.41, 5.74) is 1.75. The topological polar surface area (TPSA) is 88.8 Å². The second-order valence-electron chi connectivity index (χ2n) is 6.31. The maximum absolute atomic E-state index is 12.5. The number of pyridine rings is 1. The highest BCUT2D eigenvalue weighted by Crippen LogP contribution is 2.27. The first-order chi connectivity index (χ1) is 13.6. The van der Waals surface area contributed by atoms with Crippen molar-refractivity contribution in [3.63, 3.8) is 0 Å². The van der Waals surface area contributed by atoms with Gasteiger partial charge in [0.05, 0.1) is 19.2 Å². The highest BCUT2D eigenvalue weighted by Gasteiger charge is 2.18. The Morgan fingerprint density at radius 3 is 2.07 bits per heavy atom. The third kappa shape index (κ3) is 4.66. The molecule has 6 nitrogen and oxygen atoms in total. The zero-order valence-corrected chi connectivity index (χ0v) is 15.2. The van der Waals surface area contributed by atoms with Gasteiger partial charge >= 0.3 is 5.97 Å². The molecule has 0 bridgehead atoms. The van der Waals surface area contributed by atoms with E-state index in [0.29, 0.717) is 5.69 Å². The van der Waals surface area contributed by atoms with Crippen LogP contribution in [0.4, 0.5) is 0 Å². The number of carboxylic acid groups (broad SMARTS) is 1. The van der Waals surface area contributed by atoms with Crippen LogP contribution in [0.25, 0.3) is 0 Å². The van der Waals surface area contributed by atoms with E-state index >= 15 is 0 Å². The van der Waals surface area contributed by atoms with Gasteiger partial charge in [0.15, 0.2) is 5.75 Å². The molecule has 0 spiro atoms. The number of aryl methyl sites for hydroxylation is 1. The quantitative estimate of drug-likeness (QED) is 0.628. The summed E-state index contributed by atoms with van der Waals surface area (Å²) in [7, 11) is 0. The fourth-order valence-corrected chi connectivity index (χ4v) is 2.95. The molecule has 0 fully saturated rings. The van der Waals surface area contributed by atoms with Crippen molar-refractivity contribution >= 4 is 5.97 Å². The largest absolute Gasteiger partial charge is 0.481 e. The molecular formula is C22H21NO5. The highest BCUT2D eigenvalue weighted by atomic mass is 16.5. The Hall–Kier alpha value is -3.38. The second-order valence-corrected chi connectivity index (χ2v) is 6.31. The number of carbonyl (C=O) groups is 1. The molecule has 1 heterocycles. The average molecular weight is 379 g/mol. The molecule has 1 aromatic heterocycles. The lowest BCUT2D eigenvalue weighted by Crippen LogP contribution is -2.19. The lowest BCUT2D eigenvalue weighted by molar-refractivity contribution is -0.137. The van der Waals surface area contributed by atoms with Crippen LogP contribution in [0.5, 0.6) is 5.75 Å². The number of ether oxygens (including phenoxy) is 1. The molecule has 6 heteroatoms. The van der Waals surface area contributed by atoms with E-state index in [1.54, 1.807) is 0 Å². The molecule has 0 aliphatic rings. The third-order valence-corrected chi connectivity index (χ3v) is 4.36. The van der Waals surface area contributed by atoms with Gasteiger partial charge < -0.3 is 19.5 Å². The predicted molar refractivity (Wildman–Crippen MR) is 104 cm³/mol. The van der Waals surface area contributed by atoms with Crippen LogP contribution in [0.1, 0.15) is 29.3 Å². The molecule has 2 N–H and O–H groups in total. The van der Waals surface area contributed by atoms with Crippen molar-refractivity contribution in [3.05, 3.63) is 100.0 Å². The van der Waals surface area contributed by atoms with E-state index in [4.69, 9.17) is 9.84 Å². The summed E-state index contributed by atoms with van der Waals surface area (Å²) < 4.78 is 7.64. The highest BCUT2D eigenvalue weighted by molar-refractivity contribution is 5.66. The number of aromatic nitrogens is 1. The number of hydrogen-bond donors (Lipinski definition) is 2. The Morgan fingerprint density at radius 2 is 1.57 bits per heavy atom. The summed E-state index contributed by atoms with van der Waals surface area (Å²) in [5.74, 6) is -0.864. The molecule has 0 aliphatic heterocycles. The second kappa shape index (κ2) is 9.01. The van der Waals surface area contributed by atoms with Gasteiger partial charge in [-0.25, -0.2) is 0 Å². The molecule has 3 rings (SSSR count). The number of benzene rings is 2. The van der Waals surface area contributed by atoms with Crippen LogP contribution < -0.4 is 10.2 Å². The Labute approximate surface area is 162 Å². The zero-order chi connectivity index (χ0) is 19.9. The van der Waals surface area contributed by atoms with Crippen LogP contribution in [0.15, 0.2) is 77.7 Å². The number of carboxylic acids is 1. The Balaban J connectivity index is 1.99. The van der Waals surface area contributed by atoms with E-state index in [1.165, 1.54) is 16.8 Å². The summed E-state index contributed by atoms with van der Waals surface area (Å²) in [6.07, 6.45) is 0.842. The molecule has 0 unspecified atom stereocenters. The number of aliphatic carboxylic acids is 1. The van der Waals surface area contributed by atoms with E-state index in [9.17, 15) is 14.7 Å². The van der Waals surface area contributed by atoms with E-state index in [0.717, 1.165) is 11.1 Å². The van der Waals surface area contributed by atoms with Gasteiger partial charge in [-0.3, -0.25) is 9.59 Å². The van der Waals surface area contributed by atoms with Crippen LogP contribution in [0.2, 0.25) is 0 Å². The van der Waals surface area contributed by atoms with Gasteiger partial charge in [0.1, 0.15) is 6.10 Å². The smallest absolute Gasteiger partial charge is 0.305 e. The van der Waals surface area contributed by atoms with Crippen molar-refractivity contribution in [1.29, 1.82) is 0 Å². The molecule has 0 amide bonds. The van der Waals surface area contributed by atoms with Crippen molar-refractivity contribution in [1.82, 2.24) is 4.57 Å². The lowest BCUT2D eigenvalue weighted by atomic mass is 10.0. The van der Waals surface area contributed by atoms with Gasteiger partial charge in [-0.05, 0) is 11.1 Å². The standard InChI is InChI=1S/C22H21NO5/c24-15-18-13-19(25)20(14-23(18)12-11-21(26)27)28-22(16-7-3-1-4-8-16)17-9-5-2-6-10-17/h1-10,13-14,22,24H,11-12,15H2,(H,26,27). The predicted octanol–water partition coefficient (Wildman–Crippen LogP) is 2.98. The first-order valence-electron chi connectivity index (χ1n) is 8.91. The molecule has 144 valence electrons. The van der Waals surface area contributed by atoms with Crippen LogP contribution in [0, 0.1) is 0 Å². The number of aliphatic hydroxyl groups excluding tert-OH is 1. The van der Waals surface area contributed by atoms with E-state index in [1.807, 2.05) is 60.7 Å². The minimum atomic E-state index is -0.962. The molecule has 0 saturated carbocycles. The van der Waals surface area contributed by atoms with Crippen molar-refractivity contribution in [2.24, 2.45) is 0 Å². The molecule has 3 aromatic rings. The fraction of sp³-hybridized carbons (Fsp3) is 0.182. The zero-order valence-electron chi connectivity index (χ0n) is 15.2. The normalized spacial score (nSPS) is 10.8.